The number of rotatable bonds is 6. The minimum absolute atomic E-state index is 0.00709. The average molecular weight is 303 g/mol. The Morgan fingerprint density at radius 2 is 2.00 bits per heavy atom. The summed E-state index contributed by atoms with van der Waals surface area (Å²) in [7, 11) is 0. The van der Waals surface area contributed by atoms with E-state index in [1.54, 1.807) is 0 Å². The fourth-order valence-electron chi connectivity index (χ4n) is 2.34. The highest BCUT2D eigenvalue weighted by molar-refractivity contribution is 6.31. The number of nitrogens with two attached hydrogens (primary N) is 1. The van der Waals surface area contributed by atoms with Gasteiger partial charge in [-0.25, -0.2) is 0 Å². The molecule has 1 saturated carbocycles. The van der Waals surface area contributed by atoms with Crippen molar-refractivity contribution in [2.75, 3.05) is 0 Å². The van der Waals surface area contributed by atoms with Crippen molar-refractivity contribution in [3.8, 4) is 5.75 Å². The molecule has 2 aromatic rings. The predicted molar refractivity (Wildman–Crippen MR) is 85.3 cm³/mol. The van der Waals surface area contributed by atoms with Crippen molar-refractivity contribution in [1.29, 1.82) is 0 Å². The summed E-state index contributed by atoms with van der Waals surface area (Å²) in [6, 6.07) is 16.0. The van der Waals surface area contributed by atoms with Gasteiger partial charge in [-0.2, -0.15) is 0 Å². The van der Waals surface area contributed by atoms with Crippen molar-refractivity contribution in [2.24, 2.45) is 5.84 Å². The molecule has 1 atom stereocenters. The van der Waals surface area contributed by atoms with Crippen LogP contribution in [0.5, 0.6) is 5.75 Å². The fraction of sp³-hybridized carbons (Fsp3) is 0.294. The highest BCUT2D eigenvalue weighted by Gasteiger charge is 2.23. The summed E-state index contributed by atoms with van der Waals surface area (Å²) in [5.74, 6) is 6.64. The molecule has 4 heteroatoms. The van der Waals surface area contributed by atoms with Crippen LogP contribution < -0.4 is 16.0 Å². The van der Waals surface area contributed by atoms with Gasteiger partial charge in [0.25, 0.3) is 0 Å². The molecule has 1 aliphatic rings. The Labute approximate surface area is 130 Å². The summed E-state index contributed by atoms with van der Waals surface area (Å²) < 4.78 is 5.84. The van der Waals surface area contributed by atoms with Crippen LogP contribution in [0.15, 0.2) is 48.5 Å². The van der Waals surface area contributed by atoms with Gasteiger partial charge in [0, 0.05) is 5.02 Å². The molecule has 1 aliphatic carbocycles. The largest absolute Gasteiger partial charge is 0.490 e. The Hall–Kier alpha value is -1.55. The van der Waals surface area contributed by atoms with E-state index in [1.807, 2.05) is 36.4 Å². The van der Waals surface area contributed by atoms with Crippen LogP contribution in [-0.4, -0.2) is 6.10 Å². The first kappa shape index (κ1) is 14.4. The zero-order valence-corrected chi connectivity index (χ0v) is 12.5. The maximum Gasteiger partial charge on any atom is 0.120 e. The molecule has 0 radical (unpaired) electrons. The van der Waals surface area contributed by atoms with Gasteiger partial charge in [-0.3, -0.25) is 11.3 Å². The van der Waals surface area contributed by atoms with Crippen LogP contribution in [0, 0.1) is 0 Å². The predicted octanol–water partition coefficient (Wildman–Crippen LogP) is 3.63. The Morgan fingerprint density at radius 1 is 1.19 bits per heavy atom. The Morgan fingerprint density at radius 3 is 2.71 bits per heavy atom. The molecule has 1 unspecified atom stereocenters. The Kier molecular flexibility index (Phi) is 4.44. The summed E-state index contributed by atoms with van der Waals surface area (Å²) in [5.41, 5.74) is 5.06. The molecule has 3 nitrogen and oxygen atoms in total. The number of hydrazine groups is 1. The third-order valence-electron chi connectivity index (χ3n) is 3.67. The highest BCUT2D eigenvalue weighted by atomic mass is 35.5. The van der Waals surface area contributed by atoms with Crippen LogP contribution in [0.3, 0.4) is 0 Å². The molecule has 0 aliphatic heterocycles. The molecular weight excluding hydrogens is 284 g/mol. The lowest BCUT2D eigenvalue weighted by Gasteiger charge is -2.18. The summed E-state index contributed by atoms with van der Waals surface area (Å²) in [6.07, 6.45) is 3.45. The van der Waals surface area contributed by atoms with Gasteiger partial charge in [0.1, 0.15) is 5.75 Å². The van der Waals surface area contributed by atoms with Crippen LogP contribution in [0.25, 0.3) is 0 Å². The third kappa shape index (κ3) is 3.76. The molecule has 110 valence electrons. The number of ether oxygens (including phenoxy) is 1. The second kappa shape index (κ2) is 6.48. The smallest absolute Gasteiger partial charge is 0.120 e. The topological polar surface area (TPSA) is 47.3 Å². The van der Waals surface area contributed by atoms with E-state index < -0.39 is 0 Å². The molecular formula is C17H19ClN2O. The lowest BCUT2D eigenvalue weighted by Crippen LogP contribution is -2.29. The molecule has 1 fully saturated rings. The van der Waals surface area contributed by atoms with Gasteiger partial charge in [-0.05, 0) is 48.6 Å². The second-order valence-corrected chi connectivity index (χ2v) is 5.81. The first-order valence-electron chi connectivity index (χ1n) is 7.22. The molecule has 2 aromatic carbocycles. The van der Waals surface area contributed by atoms with Crippen LogP contribution in [-0.2, 0) is 6.42 Å². The minimum Gasteiger partial charge on any atom is -0.490 e. The van der Waals surface area contributed by atoms with E-state index in [-0.39, 0.29) is 6.04 Å². The molecule has 0 saturated heterocycles. The number of halogens is 1. The average Bonchev–Trinajstić information content (AvgIpc) is 3.31. The van der Waals surface area contributed by atoms with Crippen LogP contribution in [0.1, 0.15) is 30.0 Å². The van der Waals surface area contributed by atoms with Crippen molar-refractivity contribution in [3.05, 3.63) is 64.7 Å². The van der Waals surface area contributed by atoms with Crippen LogP contribution in [0.4, 0.5) is 0 Å². The van der Waals surface area contributed by atoms with E-state index >= 15 is 0 Å². The molecule has 3 rings (SSSR count). The Bertz CT molecular complexity index is 613. The van der Waals surface area contributed by atoms with Gasteiger partial charge < -0.3 is 4.74 Å². The van der Waals surface area contributed by atoms with Crippen LogP contribution >= 0.6 is 11.6 Å². The number of hydrogen-bond acceptors (Lipinski definition) is 3. The number of benzene rings is 2. The fourth-order valence-corrected chi connectivity index (χ4v) is 2.55. The van der Waals surface area contributed by atoms with E-state index in [9.17, 15) is 0 Å². The van der Waals surface area contributed by atoms with Crippen molar-refractivity contribution in [2.45, 2.75) is 31.4 Å². The van der Waals surface area contributed by atoms with E-state index in [2.05, 4.69) is 17.6 Å². The van der Waals surface area contributed by atoms with E-state index in [4.69, 9.17) is 22.2 Å². The monoisotopic (exact) mass is 302 g/mol. The lowest BCUT2D eigenvalue weighted by molar-refractivity contribution is 0.302. The quantitative estimate of drug-likeness (QED) is 0.633. The van der Waals surface area contributed by atoms with E-state index in [0.717, 1.165) is 41.2 Å². The summed E-state index contributed by atoms with van der Waals surface area (Å²) in [6.45, 7) is 0. The zero-order chi connectivity index (χ0) is 14.7. The van der Waals surface area contributed by atoms with Gasteiger partial charge in [0.2, 0.25) is 0 Å². The summed E-state index contributed by atoms with van der Waals surface area (Å²) >= 11 is 6.23. The minimum atomic E-state index is 0.00709. The first-order chi connectivity index (χ1) is 10.3. The number of hydrogen-bond donors (Lipinski definition) is 2. The molecule has 0 aromatic heterocycles. The van der Waals surface area contributed by atoms with Crippen molar-refractivity contribution >= 4 is 11.6 Å². The van der Waals surface area contributed by atoms with E-state index in [0.29, 0.717) is 6.10 Å². The molecule has 0 spiro atoms. The maximum absolute atomic E-state index is 6.23. The van der Waals surface area contributed by atoms with Crippen molar-refractivity contribution < 1.29 is 4.74 Å². The first-order valence-corrected chi connectivity index (χ1v) is 7.60. The summed E-state index contributed by atoms with van der Waals surface area (Å²) in [5, 5.41) is 0.767. The van der Waals surface area contributed by atoms with Gasteiger partial charge in [0.15, 0.2) is 0 Å². The molecule has 0 amide bonds. The summed E-state index contributed by atoms with van der Waals surface area (Å²) in [4.78, 5) is 0. The molecule has 0 bridgehead atoms. The highest BCUT2D eigenvalue weighted by Crippen LogP contribution is 2.29. The lowest BCUT2D eigenvalue weighted by atomic mass is 9.99. The van der Waals surface area contributed by atoms with Crippen LogP contribution in [0.2, 0.25) is 5.02 Å². The molecule has 3 N–H and O–H groups in total. The number of nitrogens with one attached hydrogen (secondary N) is 1. The van der Waals surface area contributed by atoms with Crippen molar-refractivity contribution in [1.82, 2.24) is 5.43 Å². The van der Waals surface area contributed by atoms with Gasteiger partial charge in [0.05, 0.1) is 12.1 Å². The SMILES string of the molecule is NNC(Cc1ccccc1Cl)c1cccc(OC2CC2)c1. The standard InChI is InChI=1S/C17H19ClN2O/c18-16-7-2-1-4-12(16)11-17(20-19)13-5-3-6-15(10-13)21-14-8-9-14/h1-7,10,14,17,20H,8-9,11,19H2. The van der Waals surface area contributed by atoms with Crippen molar-refractivity contribution in [3.63, 3.8) is 0 Å². The van der Waals surface area contributed by atoms with Gasteiger partial charge in [-0.1, -0.05) is 41.9 Å². The molecule has 21 heavy (non-hydrogen) atoms. The maximum atomic E-state index is 6.23. The molecule has 0 heterocycles. The third-order valence-corrected chi connectivity index (χ3v) is 4.04. The van der Waals surface area contributed by atoms with Gasteiger partial charge in [-0.15, -0.1) is 0 Å². The van der Waals surface area contributed by atoms with Gasteiger partial charge >= 0.3 is 0 Å². The normalized spacial score (nSPS) is 15.7. The van der Waals surface area contributed by atoms with E-state index in [1.165, 1.54) is 0 Å². The zero-order valence-electron chi connectivity index (χ0n) is 11.8. The second-order valence-electron chi connectivity index (χ2n) is 5.40. The Balaban J connectivity index is 1.77.